The van der Waals surface area contributed by atoms with E-state index in [1.165, 1.54) is 16.0 Å². The van der Waals surface area contributed by atoms with Crippen molar-refractivity contribution in [3.05, 3.63) is 39.8 Å². The topological polar surface area (TPSA) is 54.2 Å². The van der Waals surface area contributed by atoms with Crippen LogP contribution in [0.15, 0.2) is 28.8 Å². The third kappa shape index (κ3) is 6.90. The SMILES string of the molecule is CCNC(=NCc1sccc1C)NCCCc1cnn(C)c1.I. The summed E-state index contributed by atoms with van der Waals surface area (Å²) in [6, 6.07) is 2.14. The predicted octanol–water partition coefficient (Wildman–Crippen LogP) is 3.10. The molecular formula is C16H26IN5S. The fourth-order valence-electron chi connectivity index (χ4n) is 2.16. The van der Waals surface area contributed by atoms with Crippen LogP contribution in [0, 0.1) is 6.92 Å². The molecule has 5 nitrogen and oxygen atoms in total. The molecule has 0 aliphatic rings. The van der Waals surface area contributed by atoms with Gasteiger partial charge in [-0.15, -0.1) is 35.3 Å². The third-order valence-electron chi connectivity index (χ3n) is 3.39. The van der Waals surface area contributed by atoms with Gasteiger partial charge in [0.15, 0.2) is 5.96 Å². The van der Waals surface area contributed by atoms with E-state index in [4.69, 9.17) is 0 Å². The monoisotopic (exact) mass is 447 g/mol. The van der Waals surface area contributed by atoms with Crippen LogP contribution in [0.3, 0.4) is 0 Å². The van der Waals surface area contributed by atoms with Gasteiger partial charge in [0, 0.05) is 31.2 Å². The summed E-state index contributed by atoms with van der Waals surface area (Å²) < 4.78 is 1.84. The van der Waals surface area contributed by atoms with Crippen LogP contribution in [0.25, 0.3) is 0 Å². The molecule has 0 spiro atoms. The Morgan fingerprint density at radius 2 is 2.22 bits per heavy atom. The van der Waals surface area contributed by atoms with Gasteiger partial charge in [0.05, 0.1) is 12.7 Å². The van der Waals surface area contributed by atoms with Crippen molar-refractivity contribution < 1.29 is 0 Å². The van der Waals surface area contributed by atoms with E-state index in [2.05, 4.69) is 52.2 Å². The summed E-state index contributed by atoms with van der Waals surface area (Å²) >= 11 is 1.77. The highest BCUT2D eigenvalue weighted by molar-refractivity contribution is 14.0. The van der Waals surface area contributed by atoms with E-state index in [1.54, 1.807) is 11.3 Å². The predicted molar refractivity (Wildman–Crippen MR) is 109 cm³/mol. The molecule has 0 fully saturated rings. The normalized spacial score (nSPS) is 11.2. The average molecular weight is 447 g/mol. The Balaban J connectivity index is 0.00000264. The number of halogens is 1. The molecular weight excluding hydrogens is 421 g/mol. The summed E-state index contributed by atoms with van der Waals surface area (Å²) in [4.78, 5) is 5.98. The van der Waals surface area contributed by atoms with Crippen LogP contribution < -0.4 is 10.6 Å². The lowest BCUT2D eigenvalue weighted by molar-refractivity contribution is 0.741. The number of guanidine groups is 1. The zero-order valence-electron chi connectivity index (χ0n) is 14.0. The van der Waals surface area contributed by atoms with Gasteiger partial charge in [-0.3, -0.25) is 4.68 Å². The molecule has 0 atom stereocenters. The molecule has 2 N–H and O–H groups in total. The molecule has 0 aromatic carbocycles. The van der Waals surface area contributed by atoms with Crippen LogP contribution in [0.2, 0.25) is 0 Å². The van der Waals surface area contributed by atoms with Crippen molar-refractivity contribution in [1.29, 1.82) is 0 Å². The van der Waals surface area contributed by atoms with Gasteiger partial charge in [0.1, 0.15) is 0 Å². The molecule has 7 heteroatoms. The summed E-state index contributed by atoms with van der Waals surface area (Å²) in [6.45, 7) is 6.74. The highest BCUT2D eigenvalue weighted by atomic mass is 127. The first kappa shape index (κ1) is 20.0. The van der Waals surface area contributed by atoms with Gasteiger partial charge in [-0.1, -0.05) is 0 Å². The van der Waals surface area contributed by atoms with Gasteiger partial charge < -0.3 is 10.6 Å². The van der Waals surface area contributed by atoms with E-state index in [9.17, 15) is 0 Å². The number of hydrogen-bond donors (Lipinski definition) is 2. The van der Waals surface area contributed by atoms with Gasteiger partial charge >= 0.3 is 0 Å². The quantitative estimate of drug-likeness (QED) is 0.297. The second-order valence-electron chi connectivity index (χ2n) is 5.27. The van der Waals surface area contributed by atoms with Crippen LogP contribution in [0.5, 0.6) is 0 Å². The number of thiophene rings is 1. The lowest BCUT2D eigenvalue weighted by Gasteiger charge is -2.10. The molecule has 0 amide bonds. The number of aromatic nitrogens is 2. The van der Waals surface area contributed by atoms with Crippen LogP contribution in [-0.2, 0) is 20.0 Å². The fourth-order valence-corrected chi connectivity index (χ4v) is 2.99. The Kier molecular flexibility index (Phi) is 9.23. The minimum atomic E-state index is 0. The second-order valence-corrected chi connectivity index (χ2v) is 6.28. The molecule has 128 valence electrons. The number of nitrogens with zero attached hydrogens (tertiary/aromatic N) is 3. The molecule has 2 aromatic rings. The molecule has 0 bridgehead atoms. The van der Waals surface area contributed by atoms with E-state index in [1.807, 2.05) is 17.9 Å². The van der Waals surface area contributed by atoms with E-state index < -0.39 is 0 Å². The summed E-state index contributed by atoms with van der Waals surface area (Å²) in [5.74, 6) is 0.890. The number of nitrogens with one attached hydrogen (secondary N) is 2. The smallest absolute Gasteiger partial charge is 0.191 e. The first-order chi connectivity index (χ1) is 10.7. The maximum atomic E-state index is 4.65. The van der Waals surface area contributed by atoms with Crippen molar-refractivity contribution in [3.63, 3.8) is 0 Å². The molecule has 0 saturated heterocycles. The van der Waals surface area contributed by atoms with Crippen molar-refractivity contribution in [2.75, 3.05) is 13.1 Å². The van der Waals surface area contributed by atoms with E-state index in [0.717, 1.165) is 38.4 Å². The third-order valence-corrected chi connectivity index (χ3v) is 4.39. The molecule has 0 unspecified atom stereocenters. The molecule has 23 heavy (non-hydrogen) atoms. The van der Waals surface area contributed by atoms with Crippen molar-refractivity contribution >= 4 is 41.3 Å². The summed E-state index contributed by atoms with van der Waals surface area (Å²) in [6.07, 6.45) is 6.09. The zero-order valence-corrected chi connectivity index (χ0v) is 17.1. The summed E-state index contributed by atoms with van der Waals surface area (Å²) in [5.41, 5.74) is 2.60. The lowest BCUT2D eigenvalue weighted by Crippen LogP contribution is -2.37. The highest BCUT2D eigenvalue weighted by Crippen LogP contribution is 2.16. The van der Waals surface area contributed by atoms with Crippen LogP contribution in [-0.4, -0.2) is 28.8 Å². The minimum Gasteiger partial charge on any atom is -0.357 e. The number of hydrogen-bond acceptors (Lipinski definition) is 3. The molecule has 2 heterocycles. The van der Waals surface area contributed by atoms with E-state index >= 15 is 0 Å². The first-order valence-electron chi connectivity index (χ1n) is 7.71. The van der Waals surface area contributed by atoms with Crippen LogP contribution in [0.1, 0.15) is 29.3 Å². The van der Waals surface area contributed by atoms with Crippen molar-refractivity contribution in [1.82, 2.24) is 20.4 Å². The average Bonchev–Trinajstić information content (AvgIpc) is 3.09. The molecule has 2 aromatic heterocycles. The Morgan fingerprint density at radius 1 is 1.39 bits per heavy atom. The second kappa shape index (κ2) is 10.6. The standard InChI is InChI=1S/C16H25N5S.HI/c1-4-17-16(19-11-15-13(2)7-9-22-15)18-8-5-6-14-10-20-21(3)12-14;/h7,9-10,12H,4-6,8,11H2,1-3H3,(H2,17,18,19);1H. The number of rotatable bonds is 7. The minimum absolute atomic E-state index is 0. The van der Waals surface area contributed by atoms with Gasteiger partial charge in [0.2, 0.25) is 0 Å². The molecule has 0 aliphatic carbocycles. The Hall–Kier alpha value is -1.09. The molecule has 2 rings (SSSR count). The fraction of sp³-hybridized carbons (Fsp3) is 0.500. The molecule has 0 aliphatic heterocycles. The van der Waals surface area contributed by atoms with Gasteiger partial charge in [-0.2, -0.15) is 5.10 Å². The first-order valence-corrected chi connectivity index (χ1v) is 8.59. The number of aliphatic imine (C=N–C) groups is 1. The largest absolute Gasteiger partial charge is 0.357 e. The number of aryl methyl sites for hydroxylation is 3. The summed E-state index contributed by atoms with van der Waals surface area (Å²) in [7, 11) is 1.95. The Bertz CT molecular complexity index is 605. The van der Waals surface area contributed by atoms with Crippen LogP contribution >= 0.6 is 35.3 Å². The maximum absolute atomic E-state index is 4.65. The maximum Gasteiger partial charge on any atom is 0.191 e. The Labute approximate surface area is 159 Å². The zero-order chi connectivity index (χ0) is 15.8. The van der Waals surface area contributed by atoms with Gasteiger partial charge in [-0.25, -0.2) is 4.99 Å². The van der Waals surface area contributed by atoms with Crippen molar-refractivity contribution in [2.45, 2.75) is 33.2 Å². The van der Waals surface area contributed by atoms with E-state index in [-0.39, 0.29) is 24.0 Å². The van der Waals surface area contributed by atoms with Gasteiger partial charge in [-0.05, 0) is 49.3 Å². The lowest BCUT2D eigenvalue weighted by atomic mass is 10.2. The van der Waals surface area contributed by atoms with Crippen molar-refractivity contribution in [2.24, 2.45) is 12.0 Å². The van der Waals surface area contributed by atoms with E-state index in [0.29, 0.717) is 0 Å². The van der Waals surface area contributed by atoms with Gasteiger partial charge in [0.25, 0.3) is 0 Å². The highest BCUT2D eigenvalue weighted by Gasteiger charge is 2.01. The Morgan fingerprint density at radius 3 is 2.83 bits per heavy atom. The molecule has 0 radical (unpaired) electrons. The van der Waals surface area contributed by atoms with Crippen LogP contribution in [0.4, 0.5) is 0 Å². The van der Waals surface area contributed by atoms with Crippen molar-refractivity contribution in [3.8, 4) is 0 Å². The summed E-state index contributed by atoms with van der Waals surface area (Å²) in [5, 5.41) is 13.0. The molecule has 0 saturated carbocycles.